The Morgan fingerprint density at radius 3 is 2.87 bits per heavy atom. The average Bonchev–Trinajstić information content (AvgIpc) is 2.80. The number of nitrogens with zero attached hydrogens (tertiary/aromatic N) is 1. The minimum absolute atomic E-state index is 0.0958. The number of fused-ring (bicyclic) bond motifs is 1. The molecule has 1 aliphatic rings. The van der Waals surface area contributed by atoms with Crippen LogP contribution in [0.4, 0.5) is 0 Å². The number of nitrogens with two attached hydrogens (primary N) is 1. The molecule has 1 aliphatic carbocycles. The van der Waals surface area contributed by atoms with Crippen molar-refractivity contribution in [1.82, 2.24) is 4.57 Å². The molecule has 0 saturated heterocycles. The van der Waals surface area contributed by atoms with Gasteiger partial charge in [-0.3, -0.25) is 0 Å². The highest BCUT2D eigenvalue weighted by atomic mass is 14.9. The zero-order chi connectivity index (χ0) is 10.5. The normalized spacial score (nSPS) is 18.3. The molecule has 0 aliphatic heterocycles. The summed E-state index contributed by atoms with van der Waals surface area (Å²) in [6.07, 6.45) is 5.48. The van der Waals surface area contributed by atoms with Crippen molar-refractivity contribution in [3.8, 4) is 0 Å². The van der Waals surface area contributed by atoms with Gasteiger partial charge in [0.05, 0.1) is 5.52 Å². The van der Waals surface area contributed by atoms with E-state index in [1.54, 1.807) is 0 Å². The Balaban J connectivity index is 2.12. The van der Waals surface area contributed by atoms with Crippen molar-refractivity contribution >= 4 is 10.9 Å². The molecule has 1 fully saturated rings. The minimum atomic E-state index is 0.0958. The van der Waals surface area contributed by atoms with Gasteiger partial charge in [-0.05, 0) is 36.3 Å². The van der Waals surface area contributed by atoms with E-state index < -0.39 is 0 Å². The number of rotatable bonds is 2. The maximum atomic E-state index is 6.18. The molecule has 15 heavy (non-hydrogen) atoms. The molecule has 0 spiro atoms. The Morgan fingerprint density at radius 1 is 1.33 bits per heavy atom. The van der Waals surface area contributed by atoms with Crippen LogP contribution in [0.25, 0.3) is 10.9 Å². The number of para-hydroxylation sites is 1. The molecule has 78 valence electrons. The molecule has 2 aromatic rings. The van der Waals surface area contributed by atoms with Crippen molar-refractivity contribution in [2.24, 2.45) is 12.8 Å². The molecule has 0 atom stereocenters. The van der Waals surface area contributed by atoms with Crippen LogP contribution in [-0.2, 0) is 13.5 Å². The van der Waals surface area contributed by atoms with Gasteiger partial charge in [-0.2, -0.15) is 0 Å². The summed E-state index contributed by atoms with van der Waals surface area (Å²) in [6, 6.07) is 8.66. The maximum Gasteiger partial charge on any atom is 0.0510 e. The molecular weight excluding hydrogens is 184 g/mol. The Labute approximate surface area is 89.7 Å². The van der Waals surface area contributed by atoms with Gasteiger partial charge in [0, 0.05) is 18.8 Å². The van der Waals surface area contributed by atoms with Crippen LogP contribution in [0.3, 0.4) is 0 Å². The Hall–Kier alpha value is -1.28. The Morgan fingerprint density at radius 2 is 2.13 bits per heavy atom. The van der Waals surface area contributed by atoms with E-state index in [0.29, 0.717) is 0 Å². The molecule has 2 N–H and O–H groups in total. The predicted molar refractivity (Wildman–Crippen MR) is 62.8 cm³/mol. The smallest absolute Gasteiger partial charge is 0.0510 e. The van der Waals surface area contributed by atoms with Crippen LogP contribution in [0.1, 0.15) is 18.4 Å². The van der Waals surface area contributed by atoms with Crippen molar-refractivity contribution in [1.29, 1.82) is 0 Å². The first-order valence-corrected chi connectivity index (χ1v) is 5.50. The Kier molecular flexibility index (Phi) is 1.71. The van der Waals surface area contributed by atoms with Gasteiger partial charge >= 0.3 is 0 Å². The molecule has 3 rings (SSSR count). The lowest BCUT2D eigenvalue weighted by Gasteiger charge is -2.11. The van der Waals surface area contributed by atoms with Crippen molar-refractivity contribution in [2.45, 2.75) is 24.8 Å². The maximum absolute atomic E-state index is 6.18. The summed E-state index contributed by atoms with van der Waals surface area (Å²) in [7, 11) is 2.10. The molecule has 0 bridgehead atoms. The first kappa shape index (κ1) is 8.98. The third-order valence-corrected chi connectivity index (χ3v) is 3.42. The van der Waals surface area contributed by atoms with E-state index in [-0.39, 0.29) is 5.54 Å². The van der Waals surface area contributed by atoms with Gasteiger partial charge in [-0.1, -0.05) is 18.2 Å². The monoisotopic (exact) mass is 200 g/mol. The van der Waals surface area contributed by atoms with Gasteiger partial charge in [-0.15, -0.1) is 0 Å². The Bertz CT molecular complexity index is 506. The van der Waals surface area contributed by atoms with Gasteiger partial charge in [0.25, 0.3) is 0 Å². The number of aromatic nitrogens is 1. The van der Waals surface area contributed by atoms with Crippen LogP contribution < -0.4 is 5.73 Å². The van der Waals surface area contributed by atoms with Crippen molar-refractivity contribution in [2.75, 3.05) is 0 Å². The quantitative estimate of drug-likeness (QED) is 0.791. The fraction of sp³-hybridized carbons (Fsp3) is 0.385. The summed E-state index contributed by atoms with van der Waals surface area (Å²) in [6.45, 7) is 0. The highest BCUT2D eigenvalue weighted by Gasteiger charge is 2.38. The molecule has 0 amide bonds. The molecule has 2 heteroatoms. The molecule has 1 aromatic carbocycles. The third-order valence-electron chi connectivity index (χ3n) is 3.42. The van der Waals surface area contributed by atoms with Crippen LogP contribution in [0.2, 0.25) is 0 Å². The number of hydrogen-bond donors (Lipinski definition) is 1. The number of benzene rings is 1. The molecule has 1 heterocycles. The van der Waals surface area contributed by atoms with Crippen molar-refractivity contribution in [3.05, 3.63) is 36.0 Å². The first-order valence-electron chi connectivity index (χ1n) is 5.50. The molecule has 1 saturated carbocycles. The van der Waals surface area contributed by atoms with E-state index in [1.165, 1.54) is 29.3 Å². The summed E-state index contributed by atoms with van der Waals surface area (Å²) < 4.78 is 2.19. The zero-order valence-electron chi connectivity index (χ0n) is 9.03. The largest absolute Gasteiger partial charge is 0.350 e. The van der Waals surface area contributed by atoms with E-state index in [0.717, 1.165) is 6.42 Å². The molecule has 1 aromatic heterocycles. The summed E-state index contributed by atoms with van der Waals surface area (Å²) in [4.78, 5) is 0. The van der Waals surface area contributed by atoms with Crippen LogP contribution in [-0.4, -0.2) is 10.1 Å². The first-order chi connectivity index (χ1) is 7.18. The van der Waals surface area contributed by atoms with Crippen LogP contribution >= 0.6 is 0 Å². The lowest BCUT2D eigenvalue weighted by atomic mass is 10.0. The van der Waals surface area contributed by atoms with Crippen LogP contribution in [0.15, 0.2) is 30.5 Å². The number of hydrogen-bond acceptors (Lipinski definition) is 1. The van der Waals surface area contributed by atoms with E-state index in [1.807, 2.05) is 0 Å². The summed E-state index contributed by atoms with van der Waals surface area (Å²) in [5, 5.41) is 1.32. The van der Waals surface area contributed by atoms with E-state index in [9.17, 15) is 0 Å². The SMILES string of the molecule is Cn1ccc2cccc(CC3(N)CC3)c21. The second kappa shape index (κ2) is 2.86. The fourth-order valence-corrected chi connectivity index (χ4v) is 2.30. The molecule has 0 radical (unpaired) electrons. The van der Waals surface area contributed by atoms with Gasteiger partial charge < -0.3 is 10.3 Å². The van der Waals surface area contributed by atoms with E-state index in [4.69, 9.17) is 5.73 Å². The third kappa shape index (κ3) is 1.45. The van der Waals surface area contributed by atoms with Gasteiger partial charge in [0.2, 0.25) is 0 Å². The molecule has 2 nitrogen and oxygen atoms in total. The van der Waals surface area contributed by atoms with Crippen molar-refractivity contribution in [3.63, 3.8) is 0 Å². The highest BCUT2D eigenvalue weighted by molar-refractivity contribution is 5.83. The highest BCUT2D eigenvalue weighted by Crippen LogP contribution is 2.37. The standard InChI is InChI=1S/C13H16N2/c1-15-8-5-10-3-2-4-11(12(10)15)9-13(14)6-7-13/h2-5,8H,6-7,9,14H2,1H3. The second-order valence-corrected chi connectivity index (χ2v) is 4.82. The van der Waals surface area contributed by atoms with Crippen LogP contribution in [0.5, 0.6) is 0 Å². The number of aryl methyl sites for hydroxylation is 1. The van der Waals surface area contributed by atoms with Gasteiger partial charge in [-0.25, -0.2) is 0 Å². The lowest BCUT2D eigenvalue weighted by Crippen LogP contribution is -2.24. The topological polar surface area (TPSA) is 30.9 Å². The molecular formula is C13H16N2. The van der Waals surface area contributed by atoms with Crippen LogP contribution in [0, 0.1) is 0 Å². The lowest BCUT2D eigenvalue weighted by molar-refractivity contribution is 0.673. The van der Waals surface area contributed by atoms with Crippen molar-refractivity contribution < 1.29 is 0 Å². The summed E-state index contributed by atoms with van der Waals surface area (Å²) >= 11 is 0. The van der Waals surface area contributed by atoms with Gasteiger partial charge in [0.15, 0.2) is 0 Å². The minimum Gasteiger partial charge on any atom is -0.350 e. The zero-order valence-corrected chi connectivity index (χ0v) is 9.03. The summed E-state index contributed by atoms with van der Waals surface area (Å²) in [5.41, 5.74) is 9.01. The summed E-state index contributed by atoms with van der Waals surface area (Å²) in [5.74, 6) is 0. The predicted octanol–water partition coefficient (Wildman–Crippen LogP) is 2.21. The van der Waals surface area contributed by atoms with E-state index >= 15 is 0 Å². The second-order valence-electron chi connectivity index (χ2n) is 4.82. The average molecular weight is 200 g/mol. The molecule has 0 unspecified atom stereocenters. The van der Waals surface area contributed by atoms with E-state index in [2.05, 4.69) is 42.1 Å². The fourth-order valence-electron chi connectivity index (χ4n) is 2.30. The van der Waals surface area contributed by atoms with Gasteiger partial charge in [0.1, 0.15) is 0 Å².